The van der Waals surface area contributed by atoms with Gasteiger partial charge >= 0.3 is 0 Å². The van der Waals surface area contributed by atoms with Crippen molar-refractivity contribution < 1.29 is 4.74 Å². The summed E-state index contributed by atoms with van der Waals surface area (Å²) in [5.41, 5.74) is 6.83. The average Bonchev–Trinajstić information content (AvgIpc) is 2.35. The van der Waals surface area contributed by atoms with E-state index in [-0.39, 0.29) is 12.1 Å². The SMILES string of the molecule is CC(C)OCCN(C)C(CN)c1cccc(Cl)c1Cl. The molecular weight excluding hydrogens is 283 g/mol. The van der Waals surface area contributed by atoms with E-state index in [1.54, 1.807) is 6.07 Å². The number of nitrogens with zero attached hydrogens (tertiary/aromatic N) is 1. The van der Waals surface area contributed by atoms with Crippen LogP contribution >= 0.6 is 23.2 Å². The molecule has 3 nitrogen and oxygen atoms in total. The number of hydrogen-bond acceptors (Lipinski definition) is 3. The van der Waals surface area contributed by atoms with E-state index < -0.39 is 0 Å². The van der Waals surface area contributed by atoms with Gasteiger partial charge in [0.05, 0.1) is 22.8 Å². The first-order valence-corrected chi connectivity index (χ1v) is 7.18. The zero-order valence-corrected chi connectivity index (χ0v) is 13.2. The lowest BCUT2D eigenvalue weighted by Gasteiger charge is -2.28. The van der Waals surface area contributed by atoms with E-state index in [1.165, 1.54) is 0 Å². The molecular formula is C14H22Cl2N2O. The highest BCUT2D eigenvalue weighted by atomic mass is 35.5. The van der Waals surface area contributed by atoms with Crippen LogP contribution in [0.1, 0.15) is 25.5 Å². The van der Waals surface area contributed by atoms with Gasteiger partial charge in [0.25, 0.3) is 0 Å². The predicted molar refractivity (Wildman–Crippen MR) is 82.0 cm³/mol. The maximum atomic E-state index is 6.25. The second kappa shape index (κ2) is 8.08. The third-order valence-electron chi connectivity index (χ3n) is 2.99. The molecule has 0 spiro atoms. The van der Waals surface area contributed by atoms with E-state index in [0.717, 1.165) is 12.1 Å². The summed E-state index contributed by atoms with van der Waals surface area (Å²) in [7, 11) is 2.01. The zero-order valence-electron chi connectivity index (χ0n) is 11.7. The van der Waals surface area contributed by atoms with Gasteiger partial charge in [-0.05, 0) is 32.5 Å². The number of ether oxygens (including phenoxy) is 1. The van der Waals surface area contributed by atoms with Crippen LogP contribution in [-0.4, -0.2) is 37.7 Å². The molecule has 1 aromatic carbocycles. The summed E-state index contributed by atoms with van der Waals surface area (Å²) in [5.74, 6) is 0. The number of hydrogen-bond donors (Lipinski definition) is 1. The van der Waals surface area contributed by atoms with Crippen molar-refractivity contribution in [3.05, 3.63) is 33.8 Å². The summed E-state index contributed by atoms with van der Waals surface area (Å²) in [6.07, 6.45) is 0.236. The molecule has 0 aliphatic carbocycles. The Labute approximate surface area is 125 Å². The van der Waals surface area contributed by atoms with Crippen molar-refractivity contribution in [2.75, 3.05) is 26.7 Å². The summed E-state index contributed by atoms with van der Waals surface area (Å²) in [6.45, 7) is 5.99. The fourth-order valence-electron chi connectivity index (χ4n) is 1.91. The van der Waals surface area contributed by atoms with E-state index >= 15 is 0 Å². The van der Waals surface area contributed by atoms with Crippen LogP contribution in [0, 0.1) is 0 Å². The van der Waals surface area contributed by atoms with Crippen LogP contribution in [0.4, 0.5) is 0 Å². The molecule has 0 fully saturated rings. The lowest BCUT2D eigenvalue weighted by Crippen LogP contribution is -2.33. The van der Waals surface area contributed by atoms with Gasteiger partial charge in [0.2, 0.25) is 0 Å². The van der Waals surface area contributed by atoms with Crippen molar-refractivity contribution in [1.82, 2.24) is 4.90 Å². The highest BCUT2D eigenvalue weighted by Crippen LogP contribution is 2.31. The van der Waals surface area contributed by atoms with Gasteiger partial charge in [-0.1, -0.05) is 35.3 Å². The number of nitrogens with two attached hydrogens (primary N) is 1. The van der Waals surface area contributed by atoms with Crippen molar-refractivity contribution in [2.24, 2.45) is 5.73 Å². The number of likely N-dealkylation sites (N-methyl/N-ethyl adjacent to an activating group) is 1. The molecule has 0 bridgehead atoms. The van der Waals surface area contributed by atoms with Crippen LogP contribution in [0.5, 0.6) is 0 Å². The van der Waals surface area contributed by atoms with Crippen LogP contribution in [0.15, 0.2) is 18.2 Å². The Balaban J connectivity index is 2.73. The van der Waals surface area contributed by atoms with Gasteiger partial charge in [-0.15, -0.1) is 0 Å². The molecule has 0 heterocycles. The van der Waals surface area contributed by atoms with Gasteiger partial charge < -0.3 is 10.5 Å². The van der Waals surface area contributed by atoms with Gasteiger partial charge in [0, 0.05) is 19.1 Å². The molecule has 0 aromatic heterocycles. The number of rotatable bonds is 7. The molecule has 108 valence electrons. The first kappa shape index (κ1) is 16.7. The van der Waals surface area contributed by atoms with Gasteiger partial charge in [-0.3, -0.25) is 4.90 Å². The standard InChI is InChI=1S/C14H22Cl2N2O/c1-10(2)19-8-7-18(3)13(9-17)11-5-4-6-12(15)14(11)16/h4-6,10,13H,7-9,17H2,1-3H3. The molecule has 0 saturated heterocycles. The molecule has 1 rings (SSSR count). The Bertz CT molecular complexity index is 399. The van der Waals surface area contributed by atoms with E-state index in [9.17, 15) is 0 Å². The molecule has 1 aromatic rings. The Morgan fingerprint density at radius 1 is 1.32 bits per heavy atom. The van der Waals surface area contributed by atoms with E-state index in [1.807, 2.05) is 33.0 Å². The third kappa shape index (κ3) is 4.93. The van der Waals surface area contributed by atoms with Crippen LogP contribution in [0.2, 0.25) is 10.0 Å². The molecule has 19 heavy (non-hydrogen) atoms. The van der Waals surface area contributed by atoms with Crippen LogP contribution in [-0.2, 0) is 4.74 Å². The second-order valence-corrected chi connectivity index (χ2v) is 5.58. The molecule has 1 atom stereocenters. The molecule has 0 aliphatic rings. The van der Waals surface area contributed by atoms with Crippen molar-refractivity contribution in [2.45, 2.75) is 26.0 Å². The van der Waals surface area contributed by atoms with Crippen molar-refractivity contribution in [1.29, 1.82) is 0 Å². The van der Waals surface area contributed by atoms with Crippen molar-refractivity contribution >= 4 is 23.2 Å². The summed E-state index contributed by atoms with van der Waals surface area (Å²) in [4.78, 5) is 2.14. The van der Waals surface area contributed by atoms with E-state index in [2.05, 4.69) is 4.90 Å². The number of halogens is 2. The largest absolute Gasteiger partial charge is 0.377 e. The van der Waals surface area contributed by atoms with Gasteiger partial charge in [-0.25, -0.2) is 0 Å². The van der Waals surface area contributed by atoms with Crippen LogP contribution < -0.4 is 5.73 Å². The monoisotopic (exact) mass is 304 g/mol. The third-order valence-corrected chi connectivity index (χ3v) is 3.82. The fourth-order valence-corrected chi connectivity index (χ4v) is 2.34. The summed E-state index contributed by atoms with van der Waals surface area (Å²) >= 11 is 12.3. The maximum Gasteiger partial charge on any atom is 0.0640 e. The molecule has 1 unspecified atom stereocenters. The molecule has 0 radical (unpaired) electrons. The molecule has 2 N–H and O–H groups in total. The smallest absolute Gasteiger partial charge is 0.0640 e. The molecule has 0 amide bonds. The summed E-state index contributed by atoms with van der Waals surface area (Å²) in [6, 6.07) is 5.68. The van der Waals surface area contributed by atoms with Gasteiger partial charge in [0.15, 0.2) is 0 Å². The highest BCUT2D eigenvalue weighted by Gasteiger charge is 2.19. The first-order valence-electron chi connectivity index (χ1n) is 6.43. The van der Waals surface area contributed by atoms with Gasteiger partial charge in [0.1, 0.15) is 0 Å². The lowest BCUT2D eigenvalue weighted by molar-refractivity contribution is 0.0564. The Morgan fingerprint density at radius 3 is 2.58 bits per heavy atom. The molecule has 5 heteroatoms. The van der Waals surface area contributed by atoms with Crippen LogP contribution in [0.25, 0.3) is 0 Å². The van der Waals surface area contributed by atoms with E-state index in [0.29, 0.717) is 23.2 Å². The second-order valence-electron chi connectivity index (χ2n) is 4.79. The first-order chi connectivity index (χ1) is 8.97. The van der Waals surface area contributed by atoms with E-state index in [4.69, 9.17) is 33.7 Å². The Morgan fingerprint density at radius 2 is 2.00 bits per heavy atom. The summed E-state index contributed by atoms with van der Waals surface area (Å²) in [5, 5.41) is 1.14. The molecule has 0 saturated carbocycles. The average molecular weight is 305 g/mol. The van der Waals surface area contributed by atoms with Gasteiger partial charge in [-0.2, -0.15) is 0 Å². The number of benzene rings is 1. The summed E-state index contributed by atoms with van der Waals surface area (Å²) < 4.78 is 5.56. The minimum Gasteiger partial charge on any atom is -0.377 e. The minimum absolute atomic E-state index is 0.0435. The minimum atomic E-state index is 0.0435. The maximum absolute atomic E-state index is 6.25. The fraction of sp³-hybridized carbons (Fsp3) is 0.571. The van der Waals surface area contributed by atoms with Crippen molar-refractivity contribution in [3.8, 4) is 0 Å². The topological polar surface area (TPSA) is 38.5 Å². The van der Waals surface area contributed by atoms with Crippen molar-refractivity contribution in [3.63, 3.8) is 0 Å². The van der Waals surface area contributed by atoms with Crippen LogP contribution in [0.3, 0.4) is 0 Å². The quantitative estimate of drug-likeness (QED) is 0.839. The highest BCUT2D eigenvalue weighted by molar-refractivity contribution is 6.42. The Kier molecular flexibility index (Phi) is 7.11. The normalized spacial score (nSPS) is 13.3. The lowest BCUT2D eigenvalue weighted by atomic mass is 10.1. The Hall–Kier alpha value is -0.320. The zero-order chi connectivity index (χ0) is 14.4. The predicted octanol–water partition coefficient (Wildman–Crippen LogP) is 3.35. The molecule has 0 aliphatic heterocycles.